The van der Waals surface area contributed by atoms with Crippen LogP contribution in [-0.4, -0.2) is 32.1 Å². The molecule has 1 aliphatic heterocycles. The van der Waals surface area contributed by atoms with E-state index in [2.05, 4.69) is 42.6 Å². The van der Waals surface area contributed by atoms with Crippen molar-refractivity contribution >= 4 is 5.91 Å². The number of benzene rings is 2. The molecule has 4 nitrogen and oxygen atoms in total. The Balaban J connectivity index is 1.39. The van der Waals surface area contributed by atoms with Gasteiger partial charge in [0.25, 0.3) is 5.91 Å². The van der Waals surface area contributed by atoms with Gasteiger partial charge in [-0.1, -0.05) is 42.0 Å². The minimum atomic E-state index is 0.0959. The molecule has 0 bridgehead atoms. The lowest BCUT2D eigenvalue weighted by Crippen LogP contribution is -3.12. The molecule has 1 atom stereocenters. The van der Waals surface area contributed by atoms with Gasteiger partial charge < -0.3 is 15.0 Å². The molecule has 0 saturated heterocycles. The first kappa shape index (κ1) is 17.5. The van der Waals surface area contributed by atoms with E-state index >= 15 is 0 Å². The number of amides is 1. The summed E-state index contributed by atoms with van der Waals surface area (Å²) in [5.41, 5.74) is 5.15. The summed E-state index contributed by atoms with van der Waals surface area (Å²) < 4.78 is 5.76. The summed E-state index contributed by atoms with van der Waals surface area (Å²) >= 11 is 0. The van der Waals surface area contributed by atoms with E-state index in [-0.39, 0.29) is 5.91 Å². The van der Waals surface area contributed by atoms with Crippen molar-refractivity contribution in [2.45, 2.75) is 26.8 Å². The Kier molecular flexibility index (Phi) is 5.71. The van der Waals surface area contributed by atoms with E-state index in [1.165, 1.54) is 21.6 Å². The number of aryl methyl sites for hydroxylation is 2. The molecule has 25 heavy (non-hydrogen) atoms. The topological polar surface area (TPSA) is 42.8 Å². The molecule has 0 aromatic heterocycles. The number of fused-ring (bicyclic) bond motifs is 1. The average Bonchev–Trinajstić information content (AvgIpc) is 2.60. The molecular weight excluding hydrogens is 312 g/mol. The van der Waals surface area contributed by atoms with E-state index in [0.29, 0.717) is 19.7 Å². The lowest BCUT2D eigenvalue weighted by molar-refractivity contribution is -0.908. The van der Waals surface area contributed by atoms with Crippen LogP contribution in [0.15, 0.2) is 42.5 Å². The molecule has 0 saturated carbocycles. The number of carbonyl (C=O) groups is 1. The number of hydrogen-bond donors (Lipinski definition) is 2. The Bertz CT molecular complexity index is 742. The summed E-state index contributed by atoms with van der Waals surface area (Å²) in [4.78, 5) is 13.5. The number of nitrogens with one attached hydrogen (secondary N) is 2. The van der Waals surface area contributed by atoms with Gasteiger partial charge in [0.15, 0.2) is 6.54 Å². The summed E-state index contributed by atoms with van der Waals surface area (Å²) in [5.74, 6) is 0.983. The van der Waals surface area contributed by atoms with Gasteiger partial charge in [-0.3, -0.25) is 4.79 Å². The Morgan fingerprint density at radius 2 is 1.96 bits per heavy atom. The zero-order chi connectivity index (χ0) is 17.6. The average molecular weight is 339 g/mol. The third kappa shape index (κ3) is 4.83. The smallest absolute Gasteiger partial charge is 0.275 e. The summed E-state index contributed by atoms with van der Waals surface area (Å²) in [5, 5.41) is 2.97. The summed E-state index contributed by atoms with van der Waals surface area (Å²) in [6.07, 6.45) is 1.05. The van der Waals surface area contributed by atoms with E-state index in [1.807, 2.05) is 19.1 Å². The van der Waals surface area contributed by atoms with Gasteiger partial charge in [-0.15, -0.1) is 0 Å². The van der Waals surface area contributed by atoms with Gasteiger partial charge in [0, 0.05) is 12.0 Å². The highest BCUT2D eigenvalue weighted by atomic mass is 16.5. The Hall–Kier alpha value is -2.33. The van der Waals surface area contributed by atoms with Gasteiger partial charge in [-0.2, -0.15) is 0 Å². The van der Waals surface area contributed by atoms with Gasteiger partial charge in [0.2, 0.25) is 0 Å². The highest BCUT2D eigenvalue weighted by Crippen LogP contribution is 2.18. The summed E-state index contributed by atoms with van der Waals surface area (Å²) in [6, 6.07) is 14.7. The van der Waals surface area contributed by atoms with Crippen LogP contribution < -0.4 is 15.0 Å². The third-order valence-electron chi connectivity index (χ3n) is 4.73. The predicted octanol–water partition coefficient (Wildman–Crippen LogP) is 1.44. The monoisotopic (exact) mass is 339 g/mol. The van der Waals surface area contributed by atoms with E-state index in [4.69, 9.17) is 4.74 Å². The minimum Gasteiger partial charge on any atom is -0.491 e. The van der Waals surface area contributed by atoms with Gasteiger partial charge in [0.1, 0.15) is 18.9 Å². The molecular formula is C21H27N2O2+. The normalized spacial score (nSPS) is 16.2. The van der Waals surface area contributed by atoms with Gasteiger partial charge >= 0.3 is 0 Å². The Labute approximate surface area is 149 Å². The fraction of sp³-hybridized carbons (Fsp3) is 0.381. The lowest BCUT2D eigenvalue weighted by Gasteiger charge is -2.25. The van der Waals surface area contributed by atoms with Crippen molar-refractivity contribution in [3.63, 3.8) is 0 Å². The van der Waals surface area contributed by atoms with Crippen molar-refractivity contribution < 1.29 is 14.4 Å². The predicted molar refractivity (Wildman–Crippen MR) is 99.0 cm³/mol. The van der Waals surface area contributed by atoms with Gasteiger partial charge in [-0.25, -0.2) is 0 Å². The molecule has 3 rings (SSSR count). The number of carbonyl (C=O) groups excluding carboxylic acids is 1. The maximum absolute atomic E-state index is 12.2. The summed E-state index contributed by atoms with van der Waals surface area (Å²) in [6.45, 7) is 7.62. The zero-order valence-corrected chi connectivity index (χ0v) is 15.1. The molecule has 0 aliphatic carbocycles. The maximum Gasteiger partial charge on any atom is 0.275 e. The van der Waals surface area contributed by atoms with Crippen molar-refractivity contribution in [3.8, 4) is 5.75 Å². The van der Waals surface area contributed by atoms with Crippen LogP contribution in [0.25, 0.3) is 0 Å². The van der Waals surface area contributed by atoms with Crippen LogP contribution in [0.1, 0.15) is 22.3 Å². The van der Waals surface area contributed by atoms with E-state index in [9.17, 15) is 4.79 Å². The van der Waals surface area contributed by atoms with Crippen molar-refractivity contribution in [1.82, 2.24) is 5.32 Å². The fourth-order valence-electron chi connectivity index (χ4n) is 3.40. The van der Waals surface area contributed by atoms with Crippen LogP contribution in [0.3, 0.4) is 0 Å². The highest BCUT2D eigenvalue weighted by Gasteiger charge is 2.21. The lowest BCUT2D eigenvalue weighted by atomic mass is 10.00. The largest absolute Gasteiger partial charge is 0.491 e. The third-order valence-corrected chi connectivity index (χ3v) is 4.73. The number of rotatable bonds is 6. The highest BCUT2D eigenvalue weighted by molar-refractivity contribution is 5.76. The molecule has 1 aliphatic rings. The second kappa shape index (κ2) is 8.17. The molecule has 1 heterocycles. The standard InChI is InChI=1S/C21H26N2O2/c1-16-7-8-20(17(2)13-16)25-12-10-22-21(24)15-23-11-9-18-5-3-4-6-19(18)14-23/h3-8,13H,9-12,14-15H2,1-2H3,(H,22,24)/p+1. The quantitative estimate of drug-likeness (QED) is 0.782. The van der Waals surface area contributed by atoms with Gasteiger partial charge in [-0.05, 0) is 31.0 Å². The molecule has 0 fully saturated rings. The first-order chi connectivity index (χ1) is 12.1. The van der Waals surface area contributed by atoms with Crippen LogP contribution in [-0.2, 0) is 17.8 Å². The van der Waals surface area contributed by atoms with E-state index in [1.54, 1.807) is 0 Å². The maximum atomic E-state index is 12.2. The summed E-state index contributed by atoms with van der Waals surface area (Å²) in [7, 11) is 0. The van der Waals surface area contributed by atoms with Crippen LogP contribution in [0.2, 0.25) is 0 Å². The molecule has 0 spiro atoms. The molecule has 0 radical (unpaired) electrons. The zero-order valence-electron chi connectivity index (χ0n) is 15.1. The molecule has 132 valence electrons. The molecule has 4 heteroatoms. The molecule has 1 unspecified atom stereocenters. The number of ether oxygens (including phenoxy) is 1. The van der Waals surface area contributed by atoms with Crippen molar-refractivity contribution in [1.29, 1.82) is 0 Å². The SMILES string of the molecule is Cc1ccc(OCCNC(=O)C[NH+]2CCc3ccccc3C2)c(C)c1. The number of hydrogen-bond acceptors (Lipinski definition) is 2. The van der Waals surface area contributed by atoms with E-state index in [0.717, 1.165) is 30.8 Å². The first-order valence-corrected chi connectivity index (χ1v) is 8.99. The minimum absolute atomic E-state index is 0.0959. The molecule has 2 aromatic carbocycles. The van der Waals surface area contributed by atoms with Crippen molar-refractivity contribution in [2.24, 2.45) is 0 Å². The van der Waals surface area contributed by atoms with Crippen LogP contribution >= 0.6 is 0 Å². The van der Waals surface area contributed by atoms with Crippen molar-refractivity contribution in [2.75, 3.05) is 26.2 Å². The number of quaternary nitrogens is 1. The van der Waals surface area contributed by atoms with E-state index < -0.39 is 0 Å². The molecule has 2 N–H and O–H groups in total. The first-order valence-electron chi connectivity index (χ1n) is 8.99. The van der Waals surface area contributed by atoms with Crippen molar-refractivity contribution in [3.05, 3.63) is 64.7 Å². The van der Waals surface area contributed by atoms with Crippen LogP contribution in [0.4, 0.5) is 0 Å². The van der Waals surface area contributed by atoms with Crippen LogP contribution in [0.5, 0.6) is 5.75 Å². The second-order valence-electron chi connectivity index (χ2n) is 6.84. The Morgan fingerprint density at radius 3 is 2.76 bits per heavy atom. The second-order valence-corrected chi connectivity index (χ2v) is 6.84. The van der Waals surface area contributed by atoms with Crippen LogP contribution in [0, 0.1) is 13.8 Å². The Morgan fingerprint density at radius 1 is 1.16 bits per heavy atom. The fourth-order valence-corrected chi connectivity index (χ4v) is 3.40. The van der Waals surface area contributed by atoms with Gasteiger partial charge in [0.05, 0.1) is 13.1 Å². The molecule has 2 aromatic rings. The molecule has 1 amide bonds.